The van der Waals surface area contributed by atoms with Crippen LogP contribution in [0.15, 0.2) is 6.20 Å². The zero-order valence-corrected chi connectivity index (χ0v) is 13.8. The second kappa shape index (κ2) is 5.05. The van der Waals surface area contributed by atoms with Gasteiger partial charge in [0.05, 0.1) is 24.5 Å². The first kappa shape index (κ1) is 13.7. The van der Waals surface area contributed by atoms with Gasteiger partial charge in [-0.05, 0) is 33.6 Å². The molecule has 1 aliphatic rings. The molecule has 0 saturated carbocycles. The zero-order valence-electron chi connectivity index (χ0n) is 13.0. The van der Waals surface area contributed by atoms with Gasteiger partial charge in [0, 0.05) is 6.54 Å². The summed E-state index contributed by atoms with van der Waals surface area (Å²) < 4.78 is 3.90. The lowest BCUT2D eigenvalue weighted by atomic mass is 10.2. The molecule has 1 saturated heterocycles. The van der Waals surface area contributed by atoms with Crippen LogP contribution in [0.5, 0.6) is 0 Å². The second-order valence-corrected chi connectivity index (χ2v) is 6.81. The first-order valence-corrected chi connectivity index (χ1v) is 8.39. The Morgan fingerprint density at radius 1 is 1.23 bits per heavy atom. The van der Waals surface area contributed by atoms with Crippen molar-refractivity contribution in [3.8, 4) is 0 Å². The third-order valence-corrected chi connectivity index (χ3v) is 5.08. The fraction of sp³-hybridized carbons (Fsp3) is 0.571. The summed E-state index contributed by atoms with van der Waals surface area (Å²) in [4.78, 5) is 12.2. The number of fused-ring (bicyclic) bond motifs is 1. The molecule has 22 heavy (non-hydrogen) atoms. The number of rotatable bonds is 3. The molecular weight excluding hydrogens is 298 g/mol. The molecule has 4 rings (SSSR count). The summed E-state index contributed by atoms with van der Waals surface area (Å²) >= 11 is 1.66. The van der Waals surface area contributed by atoms with Gasteiger partial charge in [0.25, 0.3) is 0 Å². The predicted octanol–water partition coefficient (Wildman–Crippen LogP) is 1.98. The minimum absolute atomic E-state index is 0.428. The highest BCUT2D eigenvalue weighted by molar-refractivity contribution is 7.20. The molecule has 0 spiro atoms. The molecule has 0 aromatic carbocycles. The fourth-order valence-corrected chi connectivity index (χ4v) is 4.15. The van der Waals surface area contributed by atoms with Crippen molar-refractivity contribution in [1.82, 2.24) is 29.4 Å². The zero-order chi connectivity index (χ0) is 15.3. The summed E-state index contributed by atoms with van der Waals surface area (Å²) in [7, 11) is 0. The van der Waals surface area contributed by atoms with Gasteiger partial charge in [-0.15, -0.1) is 5.10 Å². The van der Waals surface area contributed by atoms with Gasteiger partial charge in [0.2, 0.25) is 10.1 Å². The highest BCUT2D eigenvalue weighted by Gasteiger charge is 2.28. The van der Waals surface area contributed by atoms with Gasteiger partial charge < -0.3 is 4.90 Å². The van der Waals surface area contributed by atoms with Crippen LogP contribution in [0.1, 0.15) is 30.2 Å². The fourth-order valence-electron chi connectivity index (χ4n) is 3.13. The molecule has 1 aliphatic heterocycles. The molecule has 3 aromatic rings. The standard InChI is InChI=1S/C14H19N7S/c1-9-7-21-13(15-9)22-14(18-21)19-6-4-5-12(19)8-20-11(3)16-10(2)17-20/h7,12H,4-6,8H2,1-3H3. The van der Waals surface area contributed by atoms with E-state index in [-0.39, 0.29) is 0 Å². The van der Waals surface area contributed by atoms with Crippen molar-refractivity contribution < 1.29 is 0 Å². The summed E-state index contributed by atoms with van der Waals surface area (Å²) in [6.07, 6.45) is 4.34. The minimum Gasteiger partial charge on any atom is -0.342 e. The van der Waals surface area contributed by atoms with Gasteiger partial charge in [0.1, 0.15) is 11.6 Å². The minimum atomic E-state index is 0.428. The summed E-state index contributed by atoms with van der Waals surface area (Å²) in [6.45, 7) is 7.86. The largest absolute Gasteiger partial charge is 0.342 e. The molecule has 0 N–H and O–H groups in total. The maximum absolute atomic E-state index is 4.69. The Bertz CT molecular complexity index is 783. The third kappa shape index (κ3) is 2.27. The van der Waals surface area contributed by atoms with Crippen molar-refractivity contribution in [2.24, 2.45) is 0 Å². The molecule has 0 aliphatic carbocycles. The average molecular weight is 317 g/mol. The highest BCUT2D eigenvalue weighted by atomic mass is 32.1. The molecule has 1 unspecified atom stereocenters. The molecule has 1 atom stereocenters. The molecule has 7 nitrogen and oxygen atoms in total. The molecular formula is C14H19N7S. The lowest BCUT2D eigenvalue weighted by Crippen LogP contribution is -2.33. The first-order valence-electron chi connectivity index (χ1n) is 7.57. The Hall–Kier alpha value is -1.96. The third-order valence-electron chi connectivity index (χ3n) is 4.12. The summed E-state index contributed by atoms with van der Waals surface area (Å²) in [5.41, 5.74) is 1.01. The maximum atomic E-state index is 4.69. The van der Waals surface area contributed by atoms with E-state index in [1.165, 1.54) is 12.8 Å². The average Bonchev–Trinajstić information content (AvgIpc) is 3.15. The second-order valence-electron chi connectivity index (χ2n) is 5.87. The predicted molar refractivity (Wildman–Crippen MR) is 85.5 cm³/mol. The van der Waals surface area contributed by atoms with Crippen molar-refractivity contribution in [2.45, 2.75) is 46.2 Å². The summed E-state index contributed by atoms with van der Waals surface area (Å²) in [6, 6.07) is 0.428. The van der Waals surface area contributed by atoms with E-state index in [4.69, 9.17) is 0 Å². The summed E-state index contributed by atoms with van der Waals surface area (Å²) in [5.74, 6) is 1.82. The van der Waals surface area contributed by atoms with Crippen LogP contribution in [0.3, 0.4) is 0 Å². The monoisotopic (exact) mass is 317 g/mol. The quantitative estimate of drug-likeness (QED) is 0.739. The van der Waals surface area contributed by atoms with E-state index in [9.17, 15) is 0 Å². The van der Waals surface area contributed by atoms with Crippen molar-refractivity contribution in [3.05, 3.63) is 23.5 Å². The number of anilines is 1. The van der Waals surface area contributed by atoms with Crippen molar-refractivity contribution in [3.63, 3.8) is 0 Å². The number of imidazole rings is 1. The van der Waals surface area contributed by atoms with Crippen LogP contribution in [0.2, 0.25) is 0 Å². The summed E-state index contributed by atoms with van der Waals surface area (Å²) in [5, 5.41) is 10.2. The molecule has 3 aromatic heterocycles. The lowest BCUT2D eigenvalue weighted by molar-refractivity contribution is 0.496. The topological polar surface area (TPSA) is 64.1 Å². The molecule has 4 heterocycles. The molecule has 0 amide bonds. The van der Waals surface area contributed by atoms with E-state index < -0.39 is 0 Å². The van der Waals surface area contributed by atoms with Gasteiger partial charge in [-0.3, -0.25) is 0 Å². The Morgan fingerprint density at radius 3 is 2.82 bits per heavy atom. The van der Waals surface area contributed by atoms with Crippen LogP contribution < -0.4 is 4.90 Å². The van der Waals surface area contributed by atoms with Crippen LogP contribution >= 0.6 is 11.3 Å². The Kier molecular flexibility index (Phi) is 3.14. The van der Waals surface area contributed by atoms with Crippen molar-refractivity contribution >= 4 is 21.4 Å². The lowest BCUT2D eigenvalue weighted by Gasteiger charge is -2.23. The van der Waals surface area contributed by atoms with Crippen LogP contribution in [0.4, 0.5) is 5.13 Å². The van der Waals surface area contributed by atoms with Crippen molar-refractivity contribution in [2.75, 3.05) is 11.4 Å². The molecule has 8 heteroatoms. The van der Waals surface area contributed by atoms with E-state index in [1.54, 1.807) is 11.3 Å². The molecule has 1 fully saturated rings. The highest BCUT2D eigenvalue weighted by Crippen LogP contribution is 2.30. The van der Waals surface area contributed by atoms with Crippen LogP contribution in [-0.4, -0.2) is 41.9 Å². The van der Waals surface area contributed by atoms with E-state index in [0.29, 0.717) is 6.04 Å². The van der Waals surface area contributed by atoms with E-state index in [0.717, 1.165) is 40.5 Å². The van der Waals surface area contributed by atoms with E-state index in [1.807, 2.05) is 36.2 Å². The SMILES string of the molecule is Cc1cn2nc(N3CCCC3Cn3nc(C)nc3C)sc2n1. The smallest absolute Gasteiger partial charge is 0.214 e. The van der Waals surface area contributed by atoms with Crippen LogP contribution in [0, 0.1) is 20.8 Å². The number of hydrogen-bond donors (Lipinski definition) is 0. The van der Waals surface area contributed by atoms with E-state index in [2.05, 4.69) is 25.1 Å². The molecule has 0 radical (unpaired) electrons. The number of aromatic nitrogens is 6. The van der Waals surface area contributed by atoms with Gasteiger partial charge >= 0.3 is 0 Å². The Morgan fingerprint density at radius 2 is 2.09 bits per heavy atom. The van der Waals surface area contributed by atoms with E-state index >= 15 is 0 Å². The maximum Gasteiger partial charge on any atom is 0.214 e. The Labute approximate surface area is 132 Å². The number of nitrogens with zero attached hydrogens (tertiary/aromatic N) is 7. The first-order chi connectivity index (χ1) is 10.6. The van der Waals surface area contributed by atoms with Gasteiger partial charge in [0.15, 0.2) is 0 Å². The molecule has 0 bridgehead atoms. The normalized spacial score (nSPS) is 18.7. The van der Waals surface area contributed by atoms with Gasteiger partial charge in [-0.25, -0.2) is 19.2 Å². The molecule has 116 valence electrons. The van der Waals surface area contributed by atoms with Crippen molar-refractivity contribution in [1.29, 1.82) is 0 Å². The van der Waals surface area contributed by atoms with Gasteiger partial charge in [-0.2, -0.15) is 5.10 Å². The Balaban J connectivity index is 1.59. The van der Waals surface area contributed by atoms with Gasteiger partial charge in [-0.1, -0.05) is 11.3 Å². The van der Waals surface area contributed by atoms with Crippen LogP contribution in [0.25, 0.3) is 4.96 Å². The van der Waals surface area contributed by atoms with Crippen LogP contribution in [-0.2, 0) is 6.54 Å². The number of aryl methyl sites for hydroxylation is 3. The number of hydrogen-bond acceptors (Lipinski definition) is 6.